The summed E-state index contributed by atoms with van der Waals surface area (Å²) < 4.78 is 0. The second-order valence-electron chi connectivity index (χ2n) is 3.88. The molecule has 94 valence electrons. The predicted octanol–water partition coefficient (Wildman–Crippen LogP) is 1.74. The molecule has 0 unspecified atom stereocenters. The van der Waals surface area contributed by atoms with E-state index in [9.17, 15) is 4.79 Å². The fourth-order valence-corrected chi connectivity index (χ4v) is 2.21. The smallest absolute Gasteiger partial charge is 0.250 e. The van der Waals surface area contributed by atoms with Crippen LogP contribution >= 0.6 is 11.3 Å². The number of aromatic nitrogens is 1. The number of nitrogens with two attached hydrogens (primary N) is 2. The topological polar surface area (TPSA) is 94.0 Å². The Morgan fingerprint density at radius 1 is 1.50 bits per heavy atom. The molecular formula is C12H14N4OS. The number of primary amides is 1. The van der Waals surface area contributed by atoms with Crippen molar-refractivity contribution in [2.75, 3.05) is 11.1 Å². The summed E-state index contributed by atoms with van der Waals surface area (Å²) in [5.74, 6) is -0.480. The van der Waals surface area contributed by atoms with Crippen LogP contribution in [0.5, 0.6) is 0 Å². The zero-order chi connectivity index (χ0) is 13.1. The Morgan fingerprint density at radius 3 is 2.89 bits per heavy atom. The maximum absolute atomic E-state index is 11.3. The maximum atomic E-state index is 11.3. The van der Waals surface area contributed by atoms with E-state index in [1.165, 1.54) is 0 Å². The Labute approximate surface area is 109 Å². The average molecular weight is 262 g/mol. The number of benzene rings is 1. The van der Waals surface area contributed by atoms with Gasteiger partial charge in [0.2, 0.25) is 0 Å². The second-order valence-corrected chi connectivity index (χ2v) is 4.94. The largest absolute Gasteiger partial charge is 0.399 e. The van der Waals surface area contributed by atoms with Gasteiger partial charge in [0, 0.05) is 16.8 Å². The molecule has 0 saturated carbocycles. The van der Waals surface area contributed by atoms with Crippen LogP contribution in [0.2, 0.25) is 0 Å². The SMILES string of the molecule is Cc1nc(CNc2cc(N)ccc2C(N)=O)cs1. The monoisotopic (exact) mass is 262 g/mol. The zero-order valence-electron chi connectivity index (χ0n) is 9.93. The molecule has 18 heavy (non-hydrogen) atoms. The van der Waals surface area contributed by atoms with E-state index in [2.05, 4.69) is 10.3 Å². The molecule has 5 N–H and O–H groups in total. The molecule has 2 aromatic rings. The minimum Gasteiger partial charge on any atom is -0.399 e. The van der Waals surface area contributed by atoms with Crippen LogP contribution in [-0.2, 0) is 6.54 Å². The van der Waals surface area contributed by atoms with E-state index in [1.807, 2.05) is 12.3 Å². The van der Waals surface area contributed by atoms with Crippen LogP contribution in [0.4, 0.5) is 11.4 Å². The number of nitrogens with one attached hydrogen (secondary N) is 1. The van der Waals surface area contributed by atoms with Crippen LogP contribution in [0.25, 0.3) is 0 Å². The minimum absolute atomic E-state index is 0.427. The molecule has 0 fully saturated rings. The van der Waals surface area contributed by atoms with Gasteiger partial charge in [-0.2, -0.15) is 0 Å². The van der Waals surface area contributed by atoms with Crippen LogP contribution in [-0.4, -0.2) is 10.9 Å². The van der Waals surface area contributed by atoms with Crippen molar-refractivity contribution in [2.45, 2.75) is 13.5 Å². The quantitative estimate of drug-likeness (QED) is 0.731. The van der Waals surface area contributed by atoms with Gasteiger partial charge in [-0.3, -0.25) is 4.79 Å². The molecule has 0 saturated heterocycles. The molecule has 0 aliphatic heterocycles. The predicted molar refractivity (Wildman–Crippen MR) is 73.6 cm³/mol. The van der Waals surface area contributed by atoms with Crippen molar-refractivity contribution >= 4 is 28.6 Å². The van der Waals surface area contributed by atoms with Gasteiger partial charge in [0.15, 0.2) is 0 Å². The van der Waals surface area contributed by atoms with Crippen molar-refractivity contribution in [3.8, 4) is 0 Å². The van der Waals surface area contributed by atoms with E-state index in [1.54, 1.807) is 29.5 Å². The number of anilines is 2. The lowest BCUT2D eigenvalue weighted by molar-refractivity contribution is 0.100. The minimum atomic E-state index is -0.480. The van der Waals surface area contributed by atoms with E-state index in [0.717, 1.165) is 10.7 Å². The Balaban J connectivity index is 2.17. The summed E-state index contributed by atoms with van der Waals surface area (Å²) in [5.41, 5.74) is 13.6. The van der Waals surface area contributed by atoms with Gasteiger partial charge in [-0.1, -0.05) is 0 Å². The highest BCUT2D eigenvalue weighted by Crippen LogP contribution is 2.20. The lowest BCUT2D eigenvalue weighted by atomic mass is 10.1. The van der Waals surface area contributed by atoms with Gasteiger partial charge < -0.3 is 16.8 Å². The van der Waals surface area contributed by atoms with E-state index in [0.29, 0.717) is 23.5 Å². The molecule has 6 heteroatoms. The van der Waals surface area contributed by atoms with Gasteiger partial charge >= 0.3 is 0 Å². The molecule has 0 aliphatic carbocycles. The number of carbonyl (C=O) groups is 1. The van der Waals surface area contributed by atoms with Crippen molar-refractivity contribution in [3.05, 3.63) is 39.8 Å². The molecule has 0 bridgehead atoms. The highest BCUT2D eigenvalue weighted by molar-refractivity contribution is 7.09. The Morgan fingerprint density at radius 2 is 2.28 bits per heavy atom. The first-order chi connectivity index (χ1) is 8.56. The van der Waals surface area contributed by atoms with E-state index < -0.39 is 5.91 Å². The van der Waals surface area contributed by atoms with Crippen molar-refractivity contribution in [1.29, 1.82) is 0 Å². The number of rotatable bonds is 4. The number of nitrogens with zero attached hydrogens (tertiary/aromatic N) is 1. The molecule has 0 atom stereocenters. The highest BCUT2D eigenvalue weighted by Gasteiger charge is 2.08. The van der Waals surface area contributed by atoms with Gasteiger partial charge in [0.05, 0.1) is 22.8 Å². The first-order valence-corrected chi connectivity index (χ1v) is 6.28. The fraction of sp³-hybridized carbons (Fsp3) is 0.167. The number of carbonyl (C=O) groups excluding carboxylic acids is 1. The number of aryl methyl sites for hydroxylation is 1. The number of thiazole rings is 1. The normalized spacial score (nSPS) is 10.3. The molecule has 1 aromatic heterocycles. The molecule has 1 amide bonds. The average Bonchev–Trinajstić information content (AvgIpc) is 2.72. The van der Waals surface area contributed by atoms with Crippen LogP contribution in [0.1, 0.15) is 21.1 Å². The number of hydrogen-bond donors (Lipinski definition) is 3. The molecule has 0 spiro atoms. The lowest BCUT2D eigenvalue weighted by Gasteiger charge is -2.09. The van der Waals surface area contributed by atoms with E-state index in [4.69, 9.17) is 11.5 Å². The van der Waals surface area contributed by atoms with E-state index in [-0.39, 0.29) is 0 Å². The Kier molecular flexibility index (Phi) is 3.47. The van der Waals surface area contributed by atoms with E-state index >= 15 is 0 Å². The zero-order valence-corrected chi connectivity index (χ0v) is 10.8. The summed E-state index contributed by atoms with van der Waals surface area (Å²) in [5, 5.41) is 6.11. The van der Waals surface area contributed by atoms with Crippen molar-refractivity contribution in [1.82, 2.24) is 4.98 Å². The van der Waals surface area contributed by atoms with Crippen molar-refractivity contribution < 1.29 is 4.79 Å². The first kappa shape index (κ1) is 12.4. The Bertz CT molecular complexity index is 579. The molecule has 0 radical (unpaired) electrons. The molecule has 5 nitrogen and oxygen atoms in total. The summed E-state index contributed by atoms with van der Waals surface area (Å²) >= 11 is 1.59. The number of hydrogen-bond acceptors (Lipinski definition) is 5. The first-order valence-electron chi connectivity index (χ1n) is 5.40. The molecule has 1 heterocycles. The molecule has 1 aromatic carbocycles. The van der Waals surface area contributed by atoms with Gasteiger partial charge in [-0.15, -0.1) is 11.3 Å². The molecule has 0 aliphatic rings. The summed E-state index contributed by atoms with van der Waals surface area (Å²) in [7, 11) is 0. The van der Waals surface area contributed by atoms with Gasteiger partial charge in [0.1, 0.15) is 0 Å². The third kappa shape index (κ3) is 2.78. The van der Waals surface area contributed by atoms with Crippen LogP contribution in [0, 0.1) is 6.92 Å². The van der Waals surface area contributed by atoms with Crippen molar-refractivity contribution in [3.63, 3.8) is 0 Å². The lowest BCUT2D eigenvalue weighted by Crippen LogP contribution is -2.14. The van der Waals surface area contributed by atoms with Crippen LogP contribution < -0.4 is 16.8 Å². The second kappa shape index (κ2) is 5.05. The van der Waals surface area contributed by atoms with Gasteiger partial charge in [0.25, 0.3) is 5.91 Å². The third-order valence-electron chi connectivity index (χ3n) is 2.44. The highest BCUT2D eigenvalue weighted by atomic mass is 32.1. The Hall–Kier alpha value is -2.08. The van der Waals surface area contributed by atoms with Crippen LogP contribution in [0.3, 0.4) is 0 Å². The standard InChI is InChI=1S/C12H14N4OS/c1-7-16-9(6-18-7)5-15-11-4-8(13)2-3-10(11)12(14)17/h2-4,6,15H,5,13H2,1H3,(H2,14,17). The maximum Gasteiger partial charge on any atom is 0.250 e. The van der Waals surface area contributed by atoms with Crippen molar-refractivity contribution in [2.24, 2.45) is 5.73 Å². The fourth-order valence-electron chi connectivity index (χ4n) is 1.60. The summed E-state index contributed by atoms with van der Waals surface area (Å²) in [4.78, 5) is 15.6. The van der Waals surface area contributed by atoms with Crippen LogP contribution in [0.15, 0.2) is 23.6 Å². The number of amides is 1. The summed E-state index contributed by atoms with van der Waals surface area (Å²) in [6.45, 7) is 2.48. The third-order valence-corrected chi connectivity index (χ3v) is 3.26. The van der Waals surface area contributed by atoms with Gasteiger partial charge in [-0.05, 0) is 25.1 Å². The summed E-state index contributed by atoms with van der Waals surface area (Å²) in [6.07, 6.45) is 0. The number of nitrogen functional groups attached to an aromatic ring is 1. The molecule has 2 rings (SSSR count). The molecular weight excluding hydrogens is 248 g/mol. The van der Waals surface area contributed by atoms with Gasteiger partial charge in [-0.25, -0.2) is 4.98 Å². The summed E-state index contributed by atoms with van der Waals surface area (Å²) in [6, 6.07) is 4.96.